The molecule has 0 aliphatic carbocycles. The first-order valence-electron chi connectivity index (χ1n) is 16.5. The van der Waals surface area contributed by atoms with E-state index in [4.69, 9.17) is 42.6 Å². The van der Waals surface area contributed by atoms with Gasteiger partial charge >= 0.3 is 17.9 Å². The van der Waals surface area contributed by atoms with E-state index in [9.17, 15) is 14.4 Å². The lowest BCUT2D eigenvalue weighted by Crippen LogP contribution is -2.34. The largest absolute Gasteiger partial charge is 0.496 e. The molecule has 0 spiro atoms. The fourth-order valence-electron chi connectivity index (χ4n) is 6.29. The maximum atomic E-state index is 14.7. The molecule has 0 aliphatic heterocycles. The molecule has 0 fully saturated rings. The van der Waals surface area contributed by atoms with Crippen LogP contribution >= 0.6 is 0 Å². The SMILES string of the molecule is CCOC(=O)/C=C\c1c(OC)ccc(C(c2c(OC)cccc2OC)C(C(=O)OCC)C(CC(=O)OCC)c2c(OC)cccc2OC)c1OC. The van der Waals surface area contributed by atoms with Crippen molar-refractivity contribution in [3.8, 4) is 34.5 Å². The van der Waals surface area contributed by atoms with Gasteiger partial charge in [0.05, 0.1) is 80.4 Å². The molecule has 0 N–H and O–H groups in total. The van der Waals surface area contributed by atoms with Gasteiger partial charge in [0.1, 0.15) is 34.5 Å². The van der Waals surface area contributed by atoms with Crippen LogP contribution in [0.15, 0.2) is 54.6 Å². The fourth-order valence-corrected chi connectivity index (χ4v) is 6.29. The van der Waals surface area contributed by atoms with Crippen LogP contribution in [0.5, 0.6) is 34.5 Å². The average Bonchev–Trinajstić information content (AvgIpc) is 3.14. The lowest BCUT2D eigenvalue weighted by Gasteiger charge is -2.36. The van der Waals surface area contributed by atoms with Crippen molar-refractivity contribution in [1.82, 2.24) is 0 Å². The first-order valence-corrected chi connectivity index (χ1v) is 16.5. The highest BCUT2D eigenvalue weighted by molar-refractivity contribution is 5.89. The highest BCUT2D eigenvalue weighted by atomic mass is 16.5. The van der Waals surface area contributed by atoms with Crippen molar-refractivity contribution in [2.75, 3.05) is 62.5 Å². The van der Waals surface area contributed by atoms with Gasteiger partial charge in [-0.3, -0.25) is 9.59 Å². The van der Waals surface area contributed by atoms with Crippen molar-refractivity contribution in [1.29, 1.82) is 0 Å². The molecular formula is C39H48O12. The van der Waals surface area contributed by atoms with Gasteiger partial charge in [0.15, 0.2) is 0 Å². The Balaban J connectivity index is 2.63. The van der Waals surface area contributed by atoms with Crippen molar-refractivity contribution in [2.24, 2.45) is 5.92 Å². The molecule has 3 atom stereocenters. The first-order chi connectivity index (χ1) is 24.7. The number of hydrogen-bond donors (Lipinski definition) is 0. The molecule has 12 heteroatoms. The molecule has 3 unspecified atom stereocenters. The van der Waals surface area contributed by atoms with Gasteiger partial charge in [-0.2, -0.15) is 0 Å². The molecule has 276 valence electrons. The van der Waals surface area contributed by atoms with Crippen molar-refractivity contribution < 1.29 is 57.0 Å². The van der Waals surface area contributed by atoms with Crippen LogP contribution in [0.3, 0.4) is 0 Å². The normalized spacial score (nSPS) is 12.6. The Labute approximate surface area is 299 Å². The lowest BCUT2D eigenvalue weighted by molar-refractivity contribution is -0.151. The molecule has 12 nitrogen and oxygen atoms in total. The third-order valence-corrected chi connectivity index (χ3v) is 8.28. The van der Waals surface area contributed by atoms with Crippen molar-refractivity contribution >= 4 is 24.0 Å². The minimum atomic E-state index is -1.20. The van der Waals surface area contributed by atoms with Gasteiger partial charge in [0, 0.05) is 34.6 Å². The zero-order valence-corrected chi connectivity index (χ0v) is 30.7. The monoisotopic (exact) mass is 708 g/mol. The summed E-state index contributed by atoms with van der Waals surface area (Å²) in [5.74, 6) is -2.77. The molecule has 0 heterocycles. The minimum absolute atomic E-state index is 0.0353. The number of benzene rings is 3. The van der Waals surface area contributed by atoms with Crippen LogP contribution in [0.25, 0.3) is 6.08 Å². The van der Waals surface area contributed by atoms with Gasteiger partial charge in [-0.05, 0) is 57.2 Å². The lowest BCUT2D eigenvalue weighted by atomic mass is 9.69. The Morgan fingerprint density at radius 2 is 1.12 bits per heavy atom. The number of hydrogen-bond acceptors (Lipinski definition) is 12. The number of esters is 3. The van der Waals surface area contributed by atoms with Crippen LogP contribution in [0.1, 0.15) is 61.3 Å². The topological polar surface area (TPSA) is 134 Å². The summed E-state index contributed by atoms with van der Waals surface area (Å²) in [6.45, 7) is 5.44. The summed E-state index contributed by atoms with van der Waals surface area (Å²) < 4.78 is 51.7. The zero-order valence-electron chi connectivity index (χ0n) is 30.7. The molecule has 3 aromatic rings. The Morgan fingerprint density at radius 1 is 0.608 bits per heavy atom. The number of carbonyl (C=O) groups is 3. The van der Waals surface area contributed by atoms with Gasteiger partial charge in [-0.1, -0.05) is 18.2 Å². The van der Waals surface area contributed by atoms with E-state index in [1.165, 1.54) is 54.8 Å². The maximum Gasteiger partial charge on any atom is 0.330 e. The molecule has 3 aromatic carbocycles. The molecular weight excluding hydrogens is 660 g/mol. The molecule has 0 saturated heterocycles. The summed E-state index contributed by atoms with van der Waals surface area (Å²) in [4.78, 5) is 40.7. The second-order valence-electron chi connectivity index (χ2n) is 10.9. The number of carbonyl (C=O) groups excluding carboxylic acids is 3. The van der Waals surface area contributed by atoms with Crippen LogP contribution in [-0.2, 0) is 28.6 Å². The zero-order chi connectivity index (χ0) is 37.5. The summed E-state index contributed by atoms with van der Waals surface area (Å²) in [5, 5.41) is 0. The third kappa shape index (κ3) is 9.24. The van der Waals surface area contributed by atoms with Gasteiger partial charge in [-0.25, -0.2) is 4.79 Å². The highest BCUT2D eigenvalue weighted by Gasteiger charge is 2.46. The standard InChI is InChI=1S/C39H48O12/c1-10-49-32(40)22-20-24-27(43-4)21-19-25(38(24)48-9)35(37-30(46-7)17-14-18-31(37)47-8)36(39(42)51-12-3)26(23-33(41)50-11-2)34-28(44-5)15-13-16-29(34)45-6/h13-22,26,35-36H,10-12,23H2,1-9H3/b22-20-. The van der Waals surface area contributed by atoms with Crippen LogP contribution in [0.2, 0.25) is 0 Å². The quantitative estimate of drug-likeness (QED) is 0.0779. The first kappa shape index (κ1) is 40.0. The van der Waals surface area contributed by atoms with Crippen LogP contribution in [0, 0.1) is 5.92 Å². The molecule has 3 rings (SSSR count). The van der Waals surface area contributed by atoms with Gasteiger partial charge in [-0.15, -0.1) is 0 Å². The van der Waals surface area contributed by atoms with Gasteiger partial charge in [0.2, 0.25) is 0 Å². The molecule has 0 aliphatic rings. The van der Waals surface area contributed by atoms with Crippen LogP contribution in [-0.4, -0.2) is 80.4 Å². The maximum absolute atomic E-state index is 14.7. The van der Waals surface area contributed by atoms with Crippen LogP contribution < -0.4 is 28.4 Å². The second kappa shape index (κ2) is 19.7. The third-order valence-electron chi connectivity index (χ3n) is 8.28. The predicted molar refractivity (Wildman–Crippen MR) is 190 cm³/mol. The Kier molecular flexibility index (Phi) is 15.5. The van der Waals surface area contributed by atoms with Gasteiger partial charge in [0.25, 0.3) is 0 Å². The van der Waals surface area contributed by atoms with E-state index in [2.05, 4.69) is 0 Å². The molecule has 0 radical (unpaired) electrons. The van der Waals surface area contributed by atoms with E-state index >= 15 is 0 Å². The Bertz CT molecular complexity index is 1620. The van der Waals surface area contributed by atoms with Crippen LogP contribution in [0.4, 0.5) is 0 Å². The van der Waals surface area contributed by atoms with Crippen molar-refractivity contribution in [3.05, 3.63) is 76.9 Å². The number of rotatable bonds is 19. The van der Waals surface area contributed by atoms with E-state index in [1.807, 2.05) is 0 Å². The fraction of sp³-hybridized carbons (Fsp3) is 0.410. The summed E-state index contributed by atoms with van der Waals surface area (Å²) >= 11 is 0. The summed E-state index contributed by atoms with van der Waals surface area (Å²) in [6.07, 6.45) is 2.52. The van der Waals surface area contributed by atoms with Gasteiger partial charge < -0.3 is 42.6 Å². The Morgan fingerprint density at radius 3 is 1.59 bits per heavy atom. The Hall–Kier alpha value is -5.39. The summed E-state index contributed by atoms with van der Waals surface area (Å²) in [6, 6.07) is 13.9. The predicted octanol–water partition coefficient (Wildman–Crippen LogP) is 6.36. The molecule has 0 aromatic heterocycles. The molecule has 0 amide bonds. The minimum Gasteiger partial charge on any atom is -0.496 e. The van der Waals surface area contributed by atoms with E-state index < -0.39 is 35.7 Å². The van der Waals surface area contributed by atoms with Crippen molar-refractivity contribution in [2.45, 2.75) is 39.0 Å². The van der Waals surface area contributed by atoms with E-state index in [0.29, 0.717) is 51.0 Å². The number of methoxy groups -OCH3 is 6. The van der Waals surface area contributed by atoms with E-state index in [0.717, 1.165) is 0 Å². The highest BCUT2D eigenvalue weighted by Crippen LogP contribution is 2.54. The average molecular weight is 709 g/mol. The number of ether oxygens (including phenoxy) is 9. The molecule has 0 saturated carbocycles. The smallest absolute Gasteiger partial charge is 0.330 e. The second-order valence-corrected chi connectivity index (χ2v) is 10.9. The molecule has 51 heavy (non-hydrogen) atoms. The molecule has 0 bridgehead atoms. The van der Waals surface area contributed by atoms with E-state index in [1.54, 1.807) is 69.3 Å². The van der Waals surface area contributed by atoms with E-state index in [-0.39, 0.29) is 32.0 Å². The summed E-state index contributed by atoms with van der Waals surface area (Å²) in [7, 11) is 8.96. The van der Waals surface area contributed by atoms with Crippen molar-refractivity contribution in [3.63, 3.8) is 0 Å². The summed E-state index contributed by atoms with van der Waals surface area (Å²) in [5.41, 5.74) is 1.77.